The molecule has 0 fully saturated rings. The van der Waals surface area contributed by atoms with E-state index in [1.165, 1.54) is 0 Å². The fourth-order valence-corrected chi connectivity index (χ4v) is 4.29. The van der Waals surface area contributed by atoms with Crippen molar-refractivity contribution in [3.63, 3.8) is 0 Å². The van der Waals surface area contributed by atoms with Gasteiger partial charge in [-0.15, -0.1) is 0 Å². The molecule has 0 atom stereocenters. The minimum atomic E-state index is 0.222. The summed E-state index contributed by atoms with van der Waals surface area (Å²) in [6.07, 6.45) is 1.38. The third-order valence-corrected chi connectivity index (χ3v) is 5.70. The Labute approximate surface area is 192 Å². The average molecular weight is 447 g/mol. The van der Waals surface area contributed by atoms with E-state index in [-0.39, 0.29) is 11.8 Å². The van der Waals surface area contributed by atoms with Gasteiger partial charge < -0.3 is 28.4 Å². The molecule has 2 aromatic rings. The van der Waals surface area contributed by atoms with Crippen LogP contribution in [0.15, 0.2) is 12.1 Å². The molecule has 0 saturated carbocycles. The largest absolute Gasteiger partial charge is 0.496 e. The van der Waals surface area contributed by atoms with Gasteiger partial charge in [-0.1, -0.05) is 27.7 Å². The zero-order valence-corrected chi connectivity index (χ0v) is 21.2. The summed E-state index contributed by atoms with van der Waals surface area (Å²) < 4.78 is 34.5. The van der Waals surface area contributed by atoms with Crippen LogP contribution in [0, 0.1) is 0 Å². The number of ether oxygens (including phenoxy) is 6. The van der Waals surface area contributed by atoms with Crippen molar-refractivity contribution >= 4 is 0 Å². The minimum Gasteiger partial charge on any atom is -0.496 e. The van der Waals surface area contributed by atoms with Gasteiger partial charge >= 0.3 is 0 Å². The molecule has 6 nitrogen and oxygen atoms in total. The maximum atomic E-state index is 5.78. The highest BCUT2D eigenvalue weighted by atomic mass is 16.5. The van der Waals surface area contributed by atoms with Crippen molar-refractivity contribution < 1.29 is 28.4 Å². The molecule has 0 aliphatic rings. The number of hydrogen-bond donors (Lipinski definition) is 0. The SMILES string of the molecule is COc1cc(CCc2cc(OC)c(C(C)C)c(OC)c2OC)c(OC)c(OC)c1C(C)C. The summed E-state index contributed by atoms with van der Waals surface area (Å²) in [7, 11) is 10.0. The van der Waals surface area contributed by atoms with Crippen molar-refractivity contribution in [2.45, 2.75) is 52.4 Å². The van der Waals surface area contributed by atoms with Crippen molar-refractivity contribution in [1.29, 1.82) is 0 Å². The molecule has 0 aliphatic heterocycles. The van der Waals surface area contributed by atoms with E-state index in [0.717, 1.165) is 45.3 Å². The van der Waals surface area contributed by atoms with Crippen LogP contribution in [0.1, 0.15) is 61.8 Å². The normalized spacial score (nSPS) is 11.0. The van der Waals surface area contributed by atoms with Gasteiger partial charge in [-0.3, -0.25) is 0 Å². The van der Waals surface area contributed by atoms with Crippen LogP contribution < -0.4 is 28.4 Å². The Morgan fingerprint density at radius 2 is 0.812 bits per heavy atom. The van der Waals surface area contributed by atoms with Crippen LogP contribution in [-0.4, -0.2) is 42.7 Å². The highest BCUT2D eigenvalue weighted by Gasteiger charge is 2.25. The maximum absolute atomic E-state index is 5.78. The molecule has 0 radical (unpaired) electrons. The molecule has 0 bridgehead atoms. The van der Waals surface area contributed by atoms with E-state index in [1.807, 2.05) is 12.1 Å². The van der Waals surface area contributed by atoms with Crippen LogP contribution in [-0.2, 0) is 12.8 Å². The predicted octanol–water partition coefficient (Wildman–Crippen LogP) is 5.77. The molecule has 178 valence electrons. The Balaban J connectivity index is 2.59. The van der Waals surface area contributed by atoms with E-state index in [9.17, 15) is 0 Å². The van der Waals surface area contributed by atoms with Gasteiger partial charge in [-0.05, 0) is 36.8 Å². The zero-order valence-electron chi connectivity index (χ0n) is 21.2. The average Bonchev–Trinajstić information content (AvgIpc) is 2.79. The number of benzene rings is 2. The third kappa shape index (κ3) is 4.84. The monoisotopic (exact) mass is 446 g/mol. The molecule has 0 unspecified atom stereocenters. The lowest BCUT2D eigenvalue weighted by Crippen LogP contribution is -2.07. The van der Waals surface area contributed by atoms with Crippen LogP contribution in [0.25, 0.3) is 0 Å². The lowest BCUT2D eigenvalue weighted by atomic mass is 9.93. The molecule has 0 heterocycles. The van der Waals surface area contributed by atoms with E-state index in [1.54, 1.807) is 42.7 Å². The Hall–Kier alpha value is -2.76. The number of methoxy groups -OCH3 is 6. The summed E-state index contributed by atoms with van der Waals surface area (Å²) in [6.45, 7) is 8.44. The first-order valence-corrected chi connectivity index (χ1v) is 10.9. The van der Waals surface area contributed by atoms with Gasteiger partial charge in [0.05, 0.1) is 42.7 Å². The first-order chi connectivity index (χ1) is 15.3. The second kappa shape index (κ2) is 11.2. The quantitative estimate of drug-likeness (QED) is 0.437. The molecule has 0 aliphatic carbocycles. The van der Waals surface area contributed by atoms with E-state index in [0.29, 0.717) is 24.3 Å². The smallest absolute Gasteiger partial charge is 0.168 e. The second-order valence-corrected chi connectivity index (χ2v) is 8.25. The summed E-state index contributed by atoms with van der Waals surface area (Å²) in [6, 6.07) is 4.08. The Morgan fingerprint density at radius 1 is 0.500 bits per heavy atom. The summed E-state index contributed by atoms with van der Waals surface area (Å²) >= 11 is 0. The molecule has 2 rings (SSSR count). The standard InChI is InChI=1S/C26H38O6/c1-15(2)21-19(27-5)13-17(23(29-7)25(21)31-9)11-12-18-14-20(28-6)22(16(3)4)26(32-10)24(18)30-8/h13-16H,11-12H2,1-10H3. The lowest BCUT2D eigenvalue weighted by Gasteiger charge is -2.23. The minimum absolute atomic E-state index is 0.222. The van der Waals surface area contributed by atoms with Gasteiger partial charge in [-0.2, -0.15) is 0 Å². The molecule has 0 N–H and O–H groups in total. The molecule has 2 aromatic carbocycles. The molecule has 0 amide bonds. The molecule has 6 heteroatoms. The van der Waals surface area contributed by atoms with Crippen molar-refractivity contribution in [2.24, 2.45) is 0 Å². The van der Waals surface area contributed by atoms with Gasteiger partial charge in [-0.25, -0.2) is 0 Å². The van der Waals surface area contributed by atoms with E-state index < -0.39 is 0 Å². The summed E-state index contributed by atoms with van der Waals surface area (Å²) in [4.78, 5) is 0. The van der Waals surface area contributed by atoms with Crippen LogP contribution in [0.5, 0.6) is 34.5 Å². The molecule has 0 saturated heterocycles. The fraction of sp³-hybridized carbons (Fsp3) is 0.538. The highest BCUT2D eigenvalue weighted by Crippen LogP contribution is 2.47. The number of aryl methyl sites for hydroxylation is 2. The molecular formula is C26H38O6. The Bertz CT molecular complexity index is 842. The summed E-state index contributed by atoms with van der Waals surface area (Å²) in [5, 5.41) is 0. The molecule has 0 spiro atoms. The summed E-state index contributed by atoms with van der Waals surface area (Å²) in [5.74, 6) is 4.93. The first kappa shape index (κ1) is 25.5. The number of rotatable bonds is 11. The lowest BCUT2D eigenvalue weighted by molar-refractivity contribution is 0.336. The van der Waals surface area contributed by atoms with Crippen molar-refractivity contribution in [3.8, 4) is 34.5 Å². The van der Waals surface area contributed by atoms with E-state index in [2.05, 4.69) is 27.7 Å². The second-order valence-electron chi connectivity index (χ2n) is 8.25. The maximum Gasteiger partial charge on any atom is 0.168 e. The van der Waals surface area contributed by atoms with Crippen molar-refractivity contribution in [2.75, 3.05) is 42.7 Å². The van der Waals surface area contributed by atoms with Crippen molar-refractivity contribution in [3.05, 3.63) is 34.4 Å². The van der Waals surface area contributed by atoms with Crippen molar-refractivity contribution in [1.82, 2.24) is 0 Å². The first-order valence-electron chi connectivity index (χ1n) is 10.9. The Kier molecular flexibility index (Phi) is 8.93. The topological polar surface area (TPSA) is 55.4 Å². The van der Waals surface area contributed by atoms with Gasteiger partial charge in [0.25, 0.3) is 0 Å². The van der Waals surface area contributed by atoms with Crippen LogP contribution in [0.2, 0.25) is 0 Å². The zero-order chi connectivity index (χ0) is 24.0. The molecular weight excluding hydrogens is 408 g/mol. The number of hydrogen-bond acceptors (Lipinski definition) is 6. The third-order valence-electron chi connectivity index (χ3n) is 5.70. The van der Waals surface area contributed by atoms with Gasteiger partial charge in [0.2, 0.25) is 0 Å². The fourth-order valence-electron chi connectivity index (χ4n) is 4.29. The van der Waals surface area contributed by atoms with Gasteiger partial charge in [0, 0.05) is 22.3 Å². The van der Waals surface area contributed by atoms with Crippen LogP contribution in [0.3, 0.4) is 0 Å². The Morgan fingerprint density at radius 3 is 1.03 bits per heavy atom. The summed E-state index contributed by atoms with van der Waals surface area (Å²) in [5.41, 5.74) is 3.99. The van der Waals surface area contributed by atoms with E-state index in [4.69, 9.17) is 28.4 Å². The van der Waals surface area contributed by atoms with Crippen LogP contribution in [0.4, 0.5) is 0 Å². The highest BCUT2D eigenvalue weighted by molar-refractivity contribution is 5.62. The van der Waals surface area contributed by atoms with E-state index >= 15 is 0 Å². The van der Waals surface area contributed by atoms with Gasteiger partial charge in [0.15, 0.2) is 23.0 Å². The molecule has 32 heavy (non-hydrogen) atoms. The van der Waals surface area contributed by atoms with Crippen LogP contribution >= 0.6 is 0 Å². The molecule has 0 aromatic heterocycles. The predicted molar refractivity (Wildman–Crippen MR) is 128 cm³/mol. The van der Waals surface area contributed by atoms with Gasteiger partial charge in [0.1, 0.15) is 11.5 Å².